The number of benzene rings is 1. The molecule has 13 heavy (non-hydrogen) atoms. The van der Waals surface area contributed by atoms with Gasteiger partial charge in [-0.2, -0.15) is 0 Å². The number of aromatic hydroxyl groups is 2. The highest BCUT2D eigenvalue weighted by molar-refractivity contribution is 5.41. The molecule has 0 bridgehead atoms. The zero-order valence-electron chi connectivity index (χ0n) is 7.36. The Morgan fingerprint density at radius 1 is 1.38 bits per heavy atom. The van der Waals surface area contributed by atoms with Crippen molar-refractivity contribution in [1.82, 2.24) is 0 Å². The second kappa shape index (κ2) is 3.24. The molecule has 1 rings (SSSR count). The molecule has 4 nitrogen and oxygen atoms in total. The Balaban J connectivity index is 3.16. The predicted octanol–water partition coefficient (Wildman–Crippen LogP) is 0.612. The Hall–Kier alpha value is -1.26. The first-order valence-corrected chi connectivity index (χ1v) is 4.01. The van der Waals surface area contributed by atoms with Gasteiger partial charge in [0.2, 0.25) is 0 Å². The fourth-order valence-corrected chi connectivity index (χ4v) is 1.08. The first kappa shape index (κ1) is 9.83. The smallest absolute Gasteiger partial charge is 0.142 e. The van der Waals surface area contributed by atoms with Crippen molar-refractivity contribution in [3.8, 4) is 11.5 Å². The van der Waals surface area contributed by atoms with E-state index >= 15 is 0 Å². The molecule has 0 aliphatic carbocycles. The van der Waals surface area contributed by atoms with Crippen LogP contribution in [0.25, 0.3) is 0 Å². The van der Waals surface area contributed by atoms with Gasteiger partial charge in [0.05, 0.1) is 0 Å². The van der Waals surface area contributed by atoms with Crippen molar-refractivity contribution < 1.29 is 15.3 Å². The van der Waals surface area contributed by atoms with Crippen LogP contribution in [0.5, 0.6) is 11.5 Å². The van der Waals surface area contributed by atoms with Crippen LogP contribution in [0, 0.1) is 0 Å². The summed E-state index contributed by atoms with van der Waals surface area (Å²) in [6.07, 6.45) is 0.283. The number of aliphatic hydroxyl groups is 1. The Morgan fingerprint density at radius 2 is 2.00 bits per heavy atom. The molecule has 0 fully saturated rings. The van der Waals surface area contributed by atoms with Crippen LogP contribution in [-0.2, 0) is 5.72 Å². The summed E-state index contributed by atoms with van der Waals surface area (Å²) in [4.78, 5) is 0. The van der Waals surface area contributed by atoms with Gasteiger partial charge in [-0.15, -0.1) is 0 Å². The normalized spacial score (nSPS) is 15.3. The van der Waals surface area contributed by atoms with Crippen LogP contribution in [0.4, 0.5) is 0 Å². The molecule has 72 valence electrons. The van der Waals surface area contributed by atoms with Crippen molar-refractivity contribution >= 4 is 0 Å². The summed E-state index contributed by atoms with van der Waals surface area (Å²) >= 11 is 0. The van der Waals surface area contributed by atoms with Crippen LogP contribution < -0.4 is 5.73 Å². The Labute approximate surface area is 76.2 Å². The Bertz CT molecular complexity index is 310. The van der Waals surface area contributed by atoms with E-state index in [0.29, 0.717) is 0 Å². The second-order valence-electron chi connectivity index (χ2n) is 2.98. The lowest BCUT2D eigenvalue weighted by Gasteiger charge is -2.22. The average molecular weight is 183 g/mol. The SMILES string of the molecule is CCC(N)(O)c1ccc(O)cc1O. The largest absolute Gasteiger partial charge is 0.508 e. The molecule has 4 heteroatoms. The maximum Gasteiger partial charge on any atom is 0.142 e. The molecule has 0 aliphatic heterocycles. The van der Waals surface area contributed by atoms with Crippen molar-refractivity contribution in [2.75, 3.05) is 0 Å². The molecule has 0 spiro atoms. The monoisotopic (exact) mass is 183 g/mol. The van der Waals surface area contributed by atoms with Gasteiger partial charge >= 0.3 is 0 Å². The molecule has 0 saturated heterocycles. The quantitative estimate of drug-likeness (QED) is 0.506. The molecule has 0 saturated carbocycles. The average Bonchev–Trinajstić information content (AvgIpc) is 2.03. The topological polar surface area (TPSA) is 86.7 Å². The van der Waals surface area contributed by atoms with E-state index in [9.17, 15) is 10.2 Å². The van der Waals surface area contributed by atoms with E-state index in [1.54, 1.807) is 6.92 Å². The maximum atomic E-state index is 9.60. The highest BCUT2D eigenvalue weighted by atomic mass is 16.3. The number of hydrogen-bond donors (Lipinski definition) is 4. The van der Waals surface area contributed by atoms with E-state index in [-0.39, 0.29) is 23.5 Å². The number of hydrogen-bond acceptors (Lipinski definition) is 4. The van der Waals surface area contributed by atoms with Crippen molar-refractivity contribution in [2.24, 2.45) is 5.73 Å². The van der Waals surface area contributed by atoms with E-state index < -0.39 is 5.72 Å². The van der Waals surface area contributed by atoms with Crippen LogP contribution in [0.1, 0.15) is 18.9 Å². The van der Waals surface area contributed by atoms with Gasteiger partial charge in [-0.3, -0.25) is 5.73 Å². The third-order valence-corrected chi connectivity index (χ3v) is 1.99. The van der Waals surface area contributed by atoms with Crippen LogP contribution in [0.3, 0.4) is 0 Å². The summed E-state index contributed by atoms with van der Waals surface area (Å²) in [5.41, 5.74) is 4.17. The number of nitrogens with two attached hydrogens (primary N) is 1. The summed E-state index contributed by atoms with van der Waals surface area (Å²) in [5.74, 6) is -0.264. The van der Waals surface area contributed by atoms with Gasteiger partial charge in [-0.1, -0.05) is 6.92 Å². The molecule has 0 aliphatic rings. The zero-order chi connectivity index (χ0) is 10.1. The minimum Gasteiger partial charge on any atom is -0.508 e. The Morgan fingerprint density at radius 3 is 2.46 bits per heavy atom. The first-order valence-electron chi connectivity index (χ1n) is 4.01. The van der Waals surface area contributed by atoms with Crippen LogP contribution in [0.2, 0.25) is 0 Å². The van der Waals surface area contributed by atoms with Crippen LogP contribution in [-0.4, -0.2) is 15.3 Å². The predicted molar refractivity (Wildman–Crippen MR) is 48.1 cm³/mol. The van der Waals surface area contributed by atoms with E-state index in [2.05, 4.69) is 0 Å². The van der Waals surface area contributed by atoms with Crippen molar-refractivity contribution in [2.45, 2.75) is 19.1 Å². The number of phenolic OH excluding ortho intramolecular Hbond substituents is 2. The van der Waals surface area contributed by atoms with E-state index in [4.69, 9.17) is 10.8 Å². The van der Waals surface area contributed by atoms with Crippen molar-refractivity contribution in [1.29, 1.82) is 0 Å². The van der Waals surface area contributed by atoms with Gasteiger partial charge in [-0.05, 0) is 18.6 Å². The molecule has 0 amide bonds. The standard InChI is InChI=1S/C9H13NO3/c1-2-9(10,13)7-4-3-6(11)5-8(7)12/h3-5,11-13H,2,10H2,1H3. The maximum absolute atomic E-state index is 9.60. The third kappa shape index (κ3) is 1.91. The van der Waals surface area contributed by atoms with Gasteiger partial charge in [0, 0.05) is 11.6 Å². The first-order chi connectivity index (χ1) is 5.97. The van der Waals surface area contributed by atoms with Crippen molar-refractivity contribution in [3.05, 3.63) is 23.8 Å². The van der Waals surface area contributed by atoms with E-state index in [0.717, 1.165) is 6.07 Å². The highest BCUT2D eigenvalue weighted by Gasteiger charge is 2.24. The second-order valence-corrected chi connectivity index (χ2v) is 2.98. The molecule has 1 unspecified atom stereocenters. The summed E-state index contributed by atoms with van der Waals surface area (Å²) in [6.45, 7) is 1.70. The minimum atomic E-state index is -1.54. The molecular formula is C9H13NO3. The number of phenols is 2. The molecule has 0 radical (unpaired) electrons. The zero-order valence-corrected chi connectivity index (χ0v) is 7.36. The summed E-state index contributed by atoms with van der Waals surface area (Å²) in [6, 6.07) is 3.90. The molecule has 1 atom stereocenters. The fraction of sp³-hybridized carbons (Fsp3) is 0.333. The molecule has 1 aromatic rings. The molecular weight excluding hydrogens is 170 g/mol. The number of rotatable bonds is 2. The Kier molecular flexibility index (Phi) is 2.45. The van der Waals surface area contributed by atoms with Gasteiger partial charge in [-0.25, -0.2) is 0 Å². The molecule has 5 N–H and O–H groups in total. The van der Waals surface area contributed by atoms with E-state index in [1.807, 2.05) is 0 Å². The lowest BCUT2D eigenvalue weighted by atomic mass is 10.00. The van der Waals surface area contributed by atoms with Gasteiger partial charge in [0.25, 0.3) is 0 Å². The van der Waals surface area contributed by atoms with E-state index in [1.165, 1.54) is 12.1 Å². The van der Waals surface area contributed by atoms with Crippen molar-refractivity contribution in [3.63, 3.8) is 0 Å². The lowest BCUT2D eigenvalue weighted by molar-refractivity contribution is 0.0371. The van der Waals surface area contributed by atoms with Crippen LogP contribution in [0.15, 0.2) is 18.2 Å². The molecule has 1 aromatic carbocycles. The minimum absolute atomic E-state index is 0.0619. The van der Waals surface area contributed by atoms with Crippen LogP contribution >= 0.6 is 0 Å². The van der Waals surface area contributed by atoms with Gasteiger partial charge < -0.3 is 15.3 Å². The summed E-state index contributed by atoms with van der Waals surface area (Å²) in [7, 11) is 0. The third-order valence-electron chi connectivity index (χ3n) is 1.99. The highest BCUT2D eigenvalue weighted by Crippen LogP contribution is 2.30. The van der Waals surface area contributed by atoms with Gasteiger partial charge in [0.15, 0.2) is 0 Å². The molecule has 0 aromatic heterocycles. The fourth-order valence-electron chi connectivity index (χ4n) is 1.08. The van der Waals surface area contributed by atoms with Gasteiger partial charge in [0.1, 0.15) is 17.2 Å². The summed E-state index contributed by atoms with van der Waals surface area (Å²) in [5, 5.41) is 28.0. The summed E-state index contributed by atoms with van der Waals surface area (Å²) < 4.78 is 0. The molecule has 0 heterocycles. The lowest BCUT2D eigenvalue weighted by Crippen LogP contribution is -2.35.